The van der Waals surface area contributed by atoms with Crippen LogP contribution in [0.25, 0.3) is 0 Å². The van der Waals surface area contributed by atoms with E-state index in [1.807, 2.05) is 6.08 Å². The summed E-state index contributed by atoms with van der Waals surface area (Å²) in [6.45, 7) is 31.3. The van der Waals surface area contributed by atoms with Gasteiger partial charge in [0.2, 0.25) is 0 Å². The van der Waals surface area contributed by atoms with E-state index < -0.39 is 16.6 Å². The average Bonchev–Trinajstić information content (AvgIpc) is 3.17. The van der Waals surface area contributed by atoms with Crippen molar-refractivity contribution in [1.29, 1.82) is 0 Å². The Bertz CT molecular complexity index is 954. The molecule has 0 aromatic rings. The molecular weight excluding hydrogens is 581 g/mol. The first-order valence-corrected chi connectivity index (χ1v) is 23.1. The lowest BCUT2D eigenvalue weighted by Crippen LogP contribution is -2.45. The molecule has 0 radical (unpaired) electrons. The zero-order chi connectivity index (χ0) is 33.8. The standard InChI is InChI=1S/C37H68O5Si2/c1-14-16-21-29(3)27-30(41-43(10,11)36(4,5)6)24-25-32-31(22-19-17-18-20-23-35(39)40-26-15-2)33(38)28-34(32)42-44(12,13)37(7,8)9/h15,20,23-25,29-32,34H,2,14,16-19,21-22,26-28H2,1,3-13H3/b23-20+,25-24+/t29-,30+,31+,32+,34+/m0/s1. The molecule has 44 heavy (non-hydrogen) atoms. The zero-order valence-corrected chi connectivity index (χ0v) is 32.6. The molecule has 0 aromatic carbocycles. The molecule has 0 bridgehead atoms. The molecule has 0 aliphatic heterocycles. The van der Waals surface area contributed by atoms with Crippen molar-refractivity contribution in [2.24, 2.45) is 17.8 Å². The van der Waals surface area contributed by atoms with Gasteiger partial charge in [0.15, 0.2) is 16.6 Å². The summed E-state index contributed by atoms with van der Waals surface area (Å²) in [6.07, 6.45) is 18.1. The molecule has 0 spiro atoms. The number of hydrogen-bond acceptors (Lipinski definition) is 5. The molecule has 0 amide bonds. The number of allylic oxidation sites excluding steroid dienone is 1. The number of carbonyl (C=O) groups is 2. The van der Waals surface area contributed by atoms with Crippen LogP contribution in [0, 0.1) is 17.8 Å². The van der Waals surface area contributed by atoms with Gasteiger partial charge in [-0.3, -0.25) is 4.79 Å². The molecule has 0 unspecified atom stereocenters. The normalized spacial score (nSPS) is 21.7. The van der Waals surface area contributed by atoms with Crippen LogP contribution in [-0.4, -0.2) is 47.2 Å². The van der Waals surface area contributed by atoms with E-state index >= 15 is 0 Å². The van der Waals surface area contributed by atoms with Crippen molar-refractivity contribution in [3.05, 3.63) is 37.0 Å². The van der Waals surface area contributed by atoms with E-state index in [0.717, 1.165) is 32.1 Å². The Balaban J connectivity index is 3.21. The van der Waals surface area contributed by atoms with E-state index in [0.29, 0.717) is 18.1 Å². The van der Waals surface area contributed by atoms with Crippen molar-refractivity contribution in [3.63, 3.8) is 0 Å². The maximum absolute atomic E-state index is 13.5. The second-order valence-electron chi connectivity index (χ2n) is 16.2. The minimum absolute atomic E-state index is 0.0404. The number of ketones is 1. The molecule has 1 aliphatic carbocycles. The van der Waals surface area contributed by atoms with Crippen molar-refractivity contribution in [2.45, 2.75) is 162 Å². The molecule has 1 rings (SSSR count). The first-order chi connectivity index (χ1) is 20.3. The summed E-state index contributed by atoms with van der Waals surface area (Å²) in [5.41, 5.74) is 0. The highest BCUT2D eigenvalue weighted by Crippen LogP contribution is 2.44. The van der Waals surface area contributed by atoms with Gasteiger partial charge in [-0.25, -0.2) is 4.79 Å². The zero-order valence-electron chi connectivity index (χ0n) is 30.6. The fraction of sp³-hybridized carbons (Fsp3) is 0.784. The van der Waals surface area contributed by atoms with Crippen LogP contribution in [0.4, 0.5) is 0 Å². The maximum Gasteiger partial charge on any atom is 0.330 e. The molecule has 1 fully saturated rings. The van der Waals surface area contributed by atoms with Crippen LogP contribution in [-0.2, 0) is 23.2 Å². The van der Waals surface area contributed by atoms with Gasteiger partial charge >= 0.3 is 5.97 Å². The monoisotopic (exact) mass is 648 g/mol. The summed E-state index contributed by atoms with van der Waals surface area (Å²) in [5, 5.41) is 0.201. The molecule has 7 heteroatoms. The Morgan fingerprint density at radius 3 is 2.23 bits per heavy atom. The third-order valence-corrected chi connectivity index (χ3v) is 19.2. The molecule has 1 saturated carbocycles. The van der Waals surface area contributed by atoms with Crippen molar-refractivity contribution >= 4 is 28.4 Å². The van der Waals surface area contributed by atoms with E-state index in [1.165, 1.54) is 25.3 Å². The number of unbranched alkanes of at least 4 members (excludes halogenated alkanes) is 3. The molecule has 5 atom stereocenters. The van der Waals surface area contributed by atoms with Crippen LogP contribution in [0.3, 0.4) is 0 Å². The lowest BCUT2D eigenvalue weighted by molar-refractivity contribution is -0.136. The van der Waals surface area contributed by atoms with Crippen molar-refractivity contribution in [3.8, 4) is 0 Å². The molecular formula is C37H68O5Si2. The van der Waals surface area contributed by atoms with Crippen molar-refractivity contribution in [1.82, 2.24) is 0 Å². The van der Waals surface area contributed by atoms with Gasteiger partial charge in [-0.1, -0.05) is 112 Å². The van der Waals surface area contributed by atoms with E-state index in [9.17, 15) is 9.59 Å². The van der Waals surface area contributed by atoms with Crippen LogP contribution >= 0.6 is 0 Å². The van der Waals surface area contributed by atoms with Gasteiger partial charge in [0.25, 0.3) is 0 Å². The van der Waals surface area contributed by atoms with Crippen LogP contribution in [0.5, 0.6) is 0 Å². The largest absolute Gasteiger partial charge is 0.458 e. The van der Waals surface area contributed by atoms with Crippen molar-refractivity contribution in [2.75, 3.05) is 6.61 Å². The van der Waals surface area contributed by atoms with Crippen LogP contribution in [0.1, 0.15) is 113 Å². The van der Waals surface area contributed by atoms with Crippen LogP contribution < -0.4 is 0 Å². The molecule has 0 N–H and O–H groups in total. The average molecular weight is 649 g/mol. The number of ether oxygens (including phenoxy) is 1. The van der Waals surface area contributed by atoms with Gasteiger partial charge in [0.05, 0.1) is 12.2 Å². The minimum atomic E-state index is -2.07. The number of carbonyl (C=O) groups excluding carboxylic acids is 2. The summed E-state index contributed by atoms with van der Waals surface area (Å²) in [7, 11) is -4.06. The summed E-state index contributed by atoms with van der Waals surface area (Å²) < 4.78 is 19.0. The Hall–Kier alpha value is -1.29. The molecule has 0 aromatic heterocycles. The van der Waals surface area contributed by atoms with E-state index in [4.69, 9.17) is 13.6 Å². The van der Waals surface area contributed by atoms with Crippen LogP contribution in [0.2, 0.25) is 36.3 Å². The van der Waals surface area contributed by atoms with Gasteiger partial charge in [0.1, 0.15) is 12.4 Å². The molecule has 254 valence electrons. The van der Waals surface area contributed by atoms with Gasteiger partial charge in [0, 0.05) is 24.3 Å². The Kier molecular flexibility index (Phi) is 16.8. The molecule has 0 saturated heterocycles. The Morgan fingerprint density at radius 1 is 1.02 bits per heavy atom. The van der Waals surface area contributed by atoms with Crippen molar-refractivity contribution < 1.29 is 23.2 Å². The topological polar surface area (TPSA) is 61.8 Å². The molecule has 0 heterocycles. The highest BCUT2D eigenvalue weighted by Gasteiger charge is 2.47. The molecule has 1 aliphatic rings. The number of rotatable bonds is 19. The summed E-state index contributed by atoms with van der Waals surface area (Å²) >= 11 is 0. The van der Waals surface area contributed by atoms with E-state index in [1.54, 1.807) is 6.08 Å². The molecule has 5 nitrogen and oxygen atoms in total. The van der Waals surface area contributed by atoms with Gasteiger partial charge in [-0.05, 0) is 67.9 Å². The van der Waals surface area contributed by atoms with Gasteiger partial charge in [-0.2, -0.15) is 0 Å². The quantitative estimate of drug-likeness (QED) is 0.0458. The Morgan fingerprint density at radius 2 is 1.66 bits per heavy atom. The summed E-state index contributed by atoms with van der Waals surface area (Å²) in [4.78, 5) is 25.2. The second kappa shape index (κ2) is 18.2. The van der Waals surface area contributed by atoms with Crippen LogP contribution in [0.15, 0.2) is 37.0 Å². The Labute approximate surface area is 273 Å². The predicted octanol–water partition coefficient (Wildman–Crippen LogP) is 10.6. The first kappa shape index (κ1) is 40.7. The predicted molar refractivity (Wildman–Crippen MR) is 192 cm³/mol. The lowest BCUT2D eigenvalue weighted by atomic mass is 9.88. The van der Waals surface area contributed by atoms with Gasteiger partial charge < -0.3 is 13.6 Å². The first-order valence-electron chi connectivity index (χ1n) is 17.3. The second-order valence-corrected chi connectivity index (χ2v) is 25.7. The summed E-state index contributed by atoms with van der Waals surface area (Å²) in [6, 6.07) is 0. The summed E-state index contributed by atoms with van der Waals surface area (Å²) in [5.74, 6) is 0.568. The van der Waals surface area contributed by atoms with E-state index in [2.05, 4.69) is 100 Å². The fourth-order valence-electron chi connectivity index (χ4n) is 5.28. The SMILES string of the molecule is C=CCOC(=O)/C=C/CCCC[C@H]1C(=O)C[C@@H](O[Si](C)(C)C(C)(C)C)[C@@H]1/C=C/[C@H](C[C@@H](C)CCCC)O[Si](C)(C)C(C)(C)C. The maximum atomic E-state index is 13.5. The minimum Gasteiger partial charge on any atom is -0.458 e. The fourth-order valence-corrected chi connectivity index (χ4v) is 7.92. The highest BCUT2D eigenvalue weighted by atomic mass is 28.4. The third kappa shape index (κ3) is 13.6. The highest BCUT2D eigenvalue weighted by molar-refractivity contribution is 6.74. The third-order valence-electron chi connectivity index (χ3n) is 10.2. The number of Topliss-reactive ketones (excluding diaryl/α,β-unsaturated/α-hetero) is 1. The number of esters is 1. The lowest BCUT2D eigenvalue weighted by Gasteiger charge is -2.40. The van der Waals surface area contributed by atoms with E-state index in [-0.39, 0.29) is 46.7 Å². The smallest absolute Gasteiger partial charge is 0.330 e. The number of hydrogen-bond donors (Lipinski definition) is 0. The van der Waals surface area contributed by atoms with Gasteiger partial charge in [-0.15, -0.1) is 0 Å².